The molecule has 1 unspecified atom stereocenters. The summed E-state index contributed by atoms with van der Waals surface area (Å²) in [5.74, 6) is 0. The fourth-order valence-electron chi connectivity index (χ4n) is 1.97. The minimum atomic E-state index is 0. The molecule has 1 N–H and O–H groups in total. The summed E-state index contributed by atoms with van der Waals surface area (Å²) in [6.45, 7) is 3.26. The monoisotopic (exact) mass is 305 g/mol. The van der Waals surface area contributed by atoms with Gasteiger partial charge >= 0.3 is 0 Å². The molecule has 2 rings (SSSR count). The zero-order valence-electron chi connectivity index (χ0n) is 9.32. The summed E-state index contributed by atoms with van der Waals surface area (Å²) in [6, 6.07) is 4.83. The summed E-state index contributed by atoms with van der Waals surface area (Å²) in [5, 5.41) is 3.39. The van der Waals surface area contributed by atoms with Gasteiger partial charge in [0.15, 0.2) is 0 Å². The van der Waals surface area contributed by atoms with E-state index in [2.05, 4.69) is 50.3 Å². The smallest absolute Gasteiger partial charge is 0.106 e. The lowest BCUT2D eigenvalue weighted by Gasteiger charge is -2.23. The Balaban J connectivity index is 0.00000128. The van der Waals surface area contributed by atoms with Gasteiger partial charge in [0.25, 0.3) is 0 Å². The second kappa shape index (κ2) is 6.55. The molecule has 0 bridgehead atoms. The minimum Gasteiger partial charge on any atom is -0.315 e. The molecule has 0 spiro atoms. The summed E-state index contributed by atoms with van der Waals surface area (Å²) >= 11 is 3.39. The molecule has 1 aromatic rings. The average Bonchev–Trinajstić information content (AvgIpc) is 2.70. The first-order valence-electron chi connectivity index (χ1n) is 5.27. The minimum absolute atomic E-state index is 0. The molecule has 1 saturated heterocycles. The van der Waals surface area contributed by atoms with Gasteiger partial charge in [0.05, 0.1) is 0 Å². The van der Waals surface area contributed by atoms with Crippen LogP contribution in [-0.2, 0) is 6.54 Å². The second-order valence-corrected chi connectivity index (χ2v) is 4.86. The van der Waals surface area contributed by atoms with Crippen molar-refractivity contribution in [2.75, 3.05) is 20.1 Å². The van der Waals surface area contributed by atoms with E-state index in [-0.39, 0.29) is 12.4 Å². The van der Waals surface area contributed by atoms with Gasteiger partial charge in [-0.3, -0.25) is 4.90 Å². The average molecular weight is 307 g/mol. The molecular weight excluding hydrogens is 289 g/mol. The lowest BCUT2D eigenvalue weighted by atomic mass is 10.2. The van der Waals surface area contributed by atoms with Crippen LogP contribution in [0.2, 0.25) is 0 Å². The summed E-state index contributed by atoms with van der Waals surface area (Å²) in [4.78, 5) is 6.53. The predicted molar refractivity (Wildman–Crippen MR) is 71.9 cm³/mol. The molecule has 0 aromatic carbocycles. The fourth-order valence-corrected chi connectivity index (χ4v) is 2.39. The number of halogens is 2. The van der Waals surface area contributed by atoms with E-state index in [0.29, 0.717) is 6.04 Å². The van der Waals surface area contributed by atoms with Crippen LogP contribution in [0.25, 0.3) is 0 Å². The summed E-state index contributed by atoms with van der Waals surface area (Å²) in [7, 11) is 2.19. The van der Waals surface area contributed by atoms with Crippen molar-refractivity contribution in [1.82, 2.24) is 15.2 Å². The molecule has 5 heteroatoms. The molecule has 2 heterocycles. The predicted octanol–water partition coefficient (Wildman–Crippen LogP) is 2.06. The van der Waals surface area contributed by atoms with Gasteiger partial charge in [-0.15, -0.1) is 12.4 Å². The van der Waals surface area contributed by atoms with E-state index >= 15 is 0 Å². The summed E-state index contributed by atoms with van der Waals surface area (Å²) in [5.41, 5.74) is 1.31. The largest absolute Gasteiger partial charge is 0.315 e. The van der Waals surface area contributed by atoms with Crippen molar-refractivity contribution in [3.8, 4) is 0 Å². The van der Waals surface area contributed by atoms with Crippen LogP contribution in [-0.4, -0.2) is 36.1 Å². The Morgan fingerprint density at radius 1 is 1.62 bits per heavy atom. The van der Waals surface area contributed by atoms with E-state index in [9.17, 15) is 0 Å². The molecule has 90 valence electrons. The SMILES string of the molecule is CN(Cc1ccnc(Br)c1)C1CCNC1.Cl. The molecule has 0 saturated carbocycles. The molecule has 0 amide bonds. The first-order valence-corrected chi connectivity index (χ1v) is 6.06. The van der Waals surface area contributed by atoms with Crippen LogP contribution >= 0.6 is 28.3 Å². The van der Waals surface area contributed by atoms with Crippen LogP contribution in [0.4, 0.5) is 0 Å². The van der Waals surface area contributed by atoms with Crippen molar-refractivity contribution >= 4 is 28.3 Å². The van der Waals surface area contributed by atoms with E-state index in [1.165, 1.54) is 12.0 Å². The van der Waals surface area contributed by atoms with Crippen molar-refractivity contribution in [3.63, 3.8) is 0 Å². The number of hydrogen-bond donors (Lipinski definition) is 1. The summed E-state index contributed by atoms with van der Waals surface area (Å²) in [6.07, 6.45) is 3.10. The summed E-state index contributed by atoms with van der Waals surface area (Å²) < 4.78 is 0.915. The Bertz CT molecular complexity index is 329. The highest BCUT2D eigenvalue weighted by Gasteiger charge is 2.18. The van der Waals surface area contributed by atoms with Gasteiger partial charge in [0.1, 0.15) is 4.60 Å². The molecule has 1 aromatic heterocycles. The van der Waals surface area contributed by atoms with Gasteiger partial charge in [0, 0.05) is 25.3 Å². The van der Waals surface area contributed by atoms with Crippen molar-refractivity contribution in [2.45, 2.75) is 19.0 Å². The van der Waals surface area contributed by atoms with Crippen molar-refractivity contribution < 1.29 is 0 Å². The Hall–Kier alpha value is -0.160. The van der Waals surface area contributed by atoms with E-state index in [1.54, 1.807) is 0 Å². The number of aromatic nitrogens is 1. The number of nitrogens with zero attached hydrogens (tertiary/aromatic N) is 2. The maximum absolute atomic E-state index is 4.13. The third-order valence-electron chi connectivity index (χ3n) is 2.88. The topological polar surface area (TPSA) is 28.2 Å². The van der Waals surface area contributed by atoms with Crippen LogP contribution in [0.1, 0.15) is 12.0 Å². The first kappa shape index (κ1) is 13.9. The van der Waals surface area contributed by atoms with Crippen LogP contribution < -0.4 is 5.32 Å². The van der Waals surface area contributed by atoms with Gasteiger partial charge in [-0.25, -0.2) is 4.98 Å². The molecular formula is C11H17BrClN3. The molecule has 16 heavy (non-hydrogen) atoms. The lowest BCUT2D eigenvalue weighted by Crippen LogP contribution is -2.32. The molecule has 1 fully saturated rings. The second-order valence-electron chi connectivity index (χ2n) is 4.05. The van der Waals surface area contributed by atoms with Crippen molar-refractivity contribution in [2.24, 2.45) is 0 Å². The third kappa shape index (κ3) is 3.70. The van der Waals surface area contributed by atoms with Gasteiger partial charge in [-0.2, -0.15) is 0 Å². The third-order valence-corrected chi connectivity index (χ3v) is 3.31. The molecule has 1 aliphatic heterocycles. The molecule has 1 aliphatic rings. The molecule has 3 nitrogen and oxygen atoms in total. The first-order chi connectivity index (χ1) is 7.25. The van der Waals surface area contributed by atoms with Gasteiger partial charge in [0.2, 0.25) is 0 Å². The highest BCUT2D eigenvalue weighted by Crippen LogP contribution is 2.13. The quantitative estimate of drug-likeness (QED) is 0.867. The maximum Gasteiger partial charge on any atom is 0.106 e. The normalized spacial score (nSPS) is 19.8. The number of nitrogens with one attached hydrogen (secondary N) is 1. The van der Waals surface area contributed by atoms with Gasteiger partial charge < -0.3 is 5.32 Å². The number of likely N-dealkylation sites (N-methyl/N-ethyl adjacent to an activating group) is 1. The standard InChI is InChI=1S/C11H16BrN3.ClH/c1-15(10-3-4-13-7-10)8-9-2-5-14-11(12)6-9;/h2,5-6,10,13H,3-4,7-8H2,1H3;1H. The Kier molecular flexibility index (Phi) is 5.69. The zero-order chi connectivity index (χ0) is 10.7. The van der Waals surface area contributed by atoms with E-state index < -0.39 is 0 Å². The van der Waals surface area contributed by atoms with E-state index in [1.807, 2.05) is 6.20 Å². The number of pyridine rings is 1. The van der Waals surface area contributed by atoms with Crippen LogP contribution in [0.3, 0.4) is 0 Å². The van der Waals surface area contributed by atoms with Crippen LogP contribution in [0, 0.1) is 0 Å². The number of hydrogen-bond acceptors (Lipinski definition) is 3. The molecule has 0 radical (unpaired) electrons. The van der Waals surface area contributed by atoms with Crippen LogP contribution in [0.15, 0.2) is 22.9 Å². The molecule has 0 aliphatic carbocycles. The van der Waals surface area contributed by atoms with Crippen molar-refractivity contribution in [3.05, 3.63) is 28.5 Å². The Labute approximate surface area is 111 Å². The van der Waals surface area contributed by atoms with Crippen molar-refractivity contribution in [1.29, 1.82) is 0 Å². The number of rotatable bonds is 3. The van der Waals surface area contributed by atoms with E-state index in [4.69, 9.17) is 0 Å². The Morgan fingerprint density at radius 3 is 3.06 bits per heavy atom. The van der Waals surface area contributed by atoms with Gasteiger partial charge in [-0.1, -0.05) is 0 Å². The zero-order valence-corrected chi connectivity index (χ0v) is 11.7. The maximum atomic E-state index is 4.13. The van der Waals surface area contributed by atoms with E-state index in [0.717, 1.165) is 24.2 Å². The fraction of sp³-hybridized carbons (Fsp3) is 0.545. The van der Waals surface area contributed by atoms with Gasteiger partial charge in [-0.05, 0) is 53.6 Å². The highest BCUT2D eigenvalue weighted by molar-refractivity contribution is 9.10. The highest BCUT2D eigenvalue weighted by atomic mass is 79.9. The molecule has 1 atom stereocenters. The lowest BCUT2D eigenvalue weighted by molar-refractivity contribution is 0.249. The van der Waals surface area contributed by atoms with Crippen LogP contribution in [0.5, 0.6) is 0 Å². The Morgan fingerprint density at radius 2 is 2.44 bits per heavy atom.